The molecule has 11 heteroatoms. The van der Waals surface area contributed by atoms with Crippen LogP contribution in [0.1, 0.15) is 13.3 Å². The van der Waals surface area contributed by atoms with E-state index in [1.54, 1.807) is 18.2 Å². The van der Waals surface area contributed by atoms with Crippen molar-refractivity contribution < 1.29 is 17.5 Å². The summed E-state index contributed by atoms with van der Waals surface area (Å²) in [5.74, 6) is -0.216. The van der Waals surface area contributed by atoms with Crippen molar-refractivity contribution in [3.63, 3.8) is 0 Å². The molecule has 170 valence electrons. The standard InChI is InChI=1S/C21H18Cl3FN2O3S2/c1-21(6-7-26-11-21)30-18-9-13(3-4-15(18)22)27-32(28,29)20-14(10-19(24)31-20)12-2-5-17(25)16(23)8-12/h2-5,8-10,26-27H,6-7,11H2,1H3/t21-/m1/s1. The molecule has 1 saturated heterocycles. The van der Waals surface area contributed by atoms with Crippen molar-refractivity contribution in [2.24, 2.45) is 0 Å². The van der Waals surface area contributed by atoms with Crippen molar-refractivity contribution in [2.45, 2.75) is 23.2 Å². The SMILES string of the molecule is C[C@@]1(Oc2cc(NS(=O)(=O)c3sc(Cl)cc3-c3ccc(F)c(Cl)c3)ccc2Cl)CCNC1. The number of benzene rings is 2. The van der Waals surface area contributed by atoms with Crippen LogP contribution < -0.4 is 14.8 Å². The molecule has 1 aliphatic heterocycles. The Kier molecular flexibility index (Phi) is 6.64. The number of ether oxygens (including phenoxy) is 1. The highest BCUT2D eigenvalue weighted by atomic mass is 35.5. The molecule has 3 aromatic rings. The smallest absolute Gasteiger partial charge is 0.272 e. The first-order valence-corrected chi connectivity index (χ1v) is 13.0. The lowest BCUT2D eigenvalue weighted by molar-refractivity contribution is 0.111. The van der Waals surface area contributed by atoms with E-state index in [4.69, 9.17) is 39.5 Å². The Morgan fingerprint density at radius 1 is 1.12 bits per heavy atom. The van der Waals surface area contributed by atoms with Gasteiger partial charge in [0.25, 0.3) is 10.0 Å². The van der Waals surface area contributed by atoms with Gasteiger partial charge in [0.2, 0.25) is 0 Å². The fourth-order valence-electron chi connectivity index (χ4n) is 3.40. The first kappa shape index (κ1) is 23.6. The highest BCUT2D eigenvalue weighted by molar-refractivity contribution is 7.94. The molecule has 1 fully saturated rings. The van der Waals surface area contributed by atoms with E-state index in [0.717, 1.165) is 24.3 Å². The van der Waals surface area contributed by atoms with Gasteiger partial charge in [-0.3, -0.25) is 4.72 Å². The maximum atomic E-state index is 13.6. The largest absolute Gasteiger partial charge is 0.485 e. The summed E-state index contributed by atoms with van der Waals surface area (Å²) in [4.78, 5) is 0. The van der Waals surface area contributed by atoms with Crippen molar-refractivity contribution in [1.29, 1.82) is 0 Å². The van der Waals surface area contributed by atoms with E-state index in [0.29, 0.717) is 28.4 Å². The zero-order chi connectivity index (χ0) is 23.1. The minimum atomic E-state index is -4.03. The molecule has 5 nitrogen and oxygen atoms in total. The average molecular weight is 536 g/mol. The molecule has 32 heavy (non-hydrogen) atoms. The van der Waals surface area contributed by atoms with Crippen LogP contribution in [0.4, 0.5) is 10.1 Å². The molecule has 0 radical (unpaired) electrons. The van der Waals surface area contributed by atoms with Crippen LogP contribution in [-0.4, -0.2) is 27.1 Å². The van der Waals surface area contributed by atoms with Gasteiger partial charge in [-0.2, -0.15) is 0 Å². The Hall–Kier alpha value is -1.55. The minimum Gasteiger partial charge on any atom is -0.485 e. The second-order valence-corrected chi connectivity index (χ2v) is 12.0. The maximum absolute atomic E-state index is 13.6. The molecule has 2 heterocycles. The van der Waals surface area contributed by atoms with Gasteiger partial charge in [-0.1, -0.05) is 40.9 Å². The van der Waals surface area contributed by atoms with Gasteiger partial charge in [-0.15, -0.1) is 11.3 Å². The van der Waals surface area contributed by atoms with E-state index >= 15 is 0 Å². The molecular formula is C21H18Cl3FN2O3S2. The molecule has 0 bridgehead atoms. The number of anilines is 1. The summed E-state index contributed by atoms with van der Waals surface area (Å²) in [5.41, 5.74) is 0.606. The average Bonchev–Trinajstić information content (AvgIpc) is 3.33. The fraction of sp³-hybridized carbons (Fsp3) is 0.238. The fourth-order valence-corrected chi connectivity index (χ4v) is 6.69. The molecule has 0 unspecified atom stereocenters. The van der Waals surface area contributed by atoms with Gasteiger partial charge in [-0.25, -0.2) is 12.8 Å². The van der Waals surface area contributed by atoms with Gasteiger partial charge in [0.05, 0.1) is 20.1 Å². The van der Waals surface area contributed by atoms with Crippen LogP contribution >= 0.6 is 46.1 Å². The molecule has 1 aromatic heterocycles. The van der Waals surface area contributed by atoms with Gasteiger partial charge in [0.15, 0.2) is 0 Å². The Morgan fingerprint density at radius 2 is 1.91 bits per heavy atom. The van der Waals surface area contributed by atoms with Crippen LogP contribution in [0.5, 0.6) is 5.75 Å². The van der Waals surface area contributed by atoms with E-state index in [2.05, 4.69) is 10.0 Å². The van der Waals surface area contributed by atoms with E-state index < -0.39 is 21.4 Å². The van der Waals surface area contributed by atoms with Crippen molar-refractivity contribution >= 4 is 61.9 Å². The first-order chi connectivity index (χ1) is 15.1. The zero-order valence-electron chi connectivity index (χ0n) is 16.7. The predicted molar refractivity (Wildman–Crippen MR) is 129 cm³/mol. The van der Waals surface area contributed by atoms with Crippen LogP contribution in [0, 0.1) is 5.82 Å². The van der Waals surface area contributed by atoms with Crippen LogP contribution in [0.3, 0.4) is 0 Å². The van der Waals surface area contributed by atoms with E-state index in [-0.39, 0.29) is 19.3 Å². The molecule has 0 amide bonds. The van der Waals surface area contributed by atoms with Crippen LogP contribution in [-0.2, 0) is 10.0 Å². The number of nitrogens with one attached hydrogen (secondary N) is 2. The Bertz CT molecular complexity index is 1280. The second-order valence-electron chi connectivity index (χ2n) is 7.61. The second kappa shape index (κ2) is 9.00. The van der Waals surface area contributed by atoms with Gasteiger partial charge in [0, 0.05) is 24.6 Å². The highest BCUT2D eigenvalue weighted by Crippen LogP contribution is 2.40. The van der Waals surface area contributed by atoms with Crippen molar-refractivity contribution in [3.8, 4) is 16.9 Å². The molecule has 0 aliphatic carbocycles. The first-order valence-electron chi connectivity index (χ1n) is 9.53. The van der Waals surface area contributed by atoms with Gasteiger partial charge >= 0.3 is 0 Å². The summed E-state index contributed by atoms with van der Waals surface area (Å²) in [6.45, 7) is 3.46. The molecule has 0 spiro atoms. The molecule has 1 atom stereocenters. The molecular weight excluding hydrogens is 518 g/mol. The third-order valence-electron chi connectivity index (χ3n) is 5.01. The third kappa shape index (κ3) is 5.00. The van der Waals surface area contributed by atoms with Crippen molar-refractivity contribution in [3.05, 3.63) is 62.7 Å². The lowest BCUT2D eigenvalue weighted by atomic mass is 10.1. The Labute approximate surface area is 204 Å². The summed E-state index contributed by atoms with van der Waals surface area (Å²) in [6.07, 6.45) is 0.802. The van der Waals surface area contributed by atoms with Gasteiger partial charge in [-0.05, 0) is 49.4 Å². The van der Waals surface area contributed by atoms with Crippen LogP contribution in [0.2, 0.25) is 14.4 Å². The Morgan fingerprint density at radius 3 is 2.59 bits per heavy atom. The number of thiophene rings is 1. The Balaban J connectivity index is 1.66. The van der Waals surface area contributed by atoms with E-state index in [1.165, 1.54) is 24.3 Å². The number of hydrogen-bond donors (Lipinski definition) is 2. The van der Waals surface area contributed by atoms with Crippen molar-refractivity contribution in [2.75, 3.05) is 17.8 Å². The summed E-state index contributed by atoms with van der Waals surface area (Å²) >= 11 is 19.2. The maximum Gasteiger partial charge on any atom is 0.272 e. The van der Waals surface area contributed by atoms with E-state index in [1.807, 2.05) is 6.92 Å². The normalized spacial score (nSPS) is 18.7. The molecule has 0 saturated carbocycles. The summed E-state index contributed by atoms with van der Waals surface area (Å²) in [6, 6.07) is 10.2. The molecule has 2 N–H and O–H groups in total. The monoisotopic (exact) mass is 534 g/mol. The van der Waals surface area contributed by atoms with Crippen LogP contribution in [0.25, 0.3) is 11.1 Å². The number of rotatable bonds is 6. The third-order valence-corrected chi connectivity index (χ3v) is 8.79. The lowest BCUT2D eigenvalue weighted by Crippen LogP contribution is -2.34. The molecule has 1 aliphatic rings. The zero-order valence-corrected chi connectivity index (χ0v) is 20.6. The van der Waals surface area contributed by atoms with Crippen molar-refractivity contribution in [1.82, 2.24) is 5.32 Å². The van der Waals surface area contributed by atoms with Crippen LogP contribution in [0.15, 0.2) is 46.7 Å². The number of hydrogen-bond acceptors (Lipinski definition) is 5. The highest BCUT2D eigenvalue weighted by Gasteiger charge is 2.31. The summed E-state index contributed by atoms with van der Waals surface area (Å²) in [5, 5.41) is 3.50. The van der Waals surface area contributed by atoms with E-state index in [9.17, 15) is 12.8 Å². The topological polar surface area (TPSA) is 67.4 Å². The lowest BCUT2D eigenvalue weighted by Gasteiger charge is -2.25. The van der Waals surface area contributed by atoms with Gasteiger partial charge < -0.3 is 10.1 Å². The summed E-state index contributed by atoms with van der Waals surface area (Å²) < 4.78 is 48.9. The molecule has 2 aromatic carbocycles. The summed E-state index contributed by atoms with van der Waals surface area (Å²) in [7, 11) is -4.03. The molecule has 4 rings (SSSR count). The quantitative estimate of drug-likeness (QED) is 0.381. The predicted octanol–water partition coefficient (Wildman–Crippen LogP) is 6.45. The minimum absolute atomic E-state index is 0.0189. The van der Waals surface area contributed by atoms with Gasteiger partial charge in [0.1, 0.15) is 21.4 Å². The number of sulfonamides is 1. The number of halogens is 4.